The molecule has 0 bridgehead atoms. The number of ether oxygens (including phenoxy) is 1. The molecule has 2 unspecified atom stereocenters. The van der Waals surface area contributed by atoms with Crippen LogP contribution in [0.2, 0.25) is 0 Å². The minimum absolute atomic E-state index is 0.325. The number of hydrogen-bond acceptors (Lipinski definition) is 4. The molecule has 2 N–H and O–H groups in total. The predicted octanol–water partition coefficient (Wildman–Crippen LogP) is -0.0141. The molecular weight excluding hydrogens is 156 g/mol. The number of nitrogens with zero attached hydrogens (tertiary/aromatic N) is 1. The van der Waals surface area contributed by atoms with E-state index in [-0.39, 0.29) is 0 Å². The summed E-state index contributed by atoms with van der Waals surface area (Å²) in [6, 6.07) is 0. The van der Waals surface area contributed by atoms with Crippen LogP contribution < -0.4 is 5.90 Å². The molecule has 0 spiro atoms. The van der Waals surface area contributed by atoms with Crippen LogP contribution in [-0.4, -0.2) is 43.3 Å². The van der Waals surface area contributed by atoms with Gasteiger partial charge in [0, 0.05) is 19.6 Å². The van der Waals surface area contributed by atoms with Crippen molar-refractivity contribution in [3.63, 3.8) is 0 Å². The average molecular weight is 174 g/mol. The van der Waals surface area contributed by atoms with E-state index in [9.17, 15) is 0 Å². The Labute approximate surface area is 73.6 Å². The van der Waals surface area contributed by atoms with Crippen LogP contribution in [0.4, 0.5) is 0 Å². The van der Waals surface area contributed by atoms with Crippen molar-refractivity contribution in [2.24, 2.45) is 5.90 Å². The fourth-order valence-corrected chi connectivity index (χ4v) is 1.65. The number of hydrogen-bond donors (Lipinski definition) is 1. The summed E-state index contributed by atoms with van der Waals surface area (Å²) in [5.41, 5.74) is 0. The molecule has 0 saturated carbocycles. The zero-order valence-electron chi connectivity index (χ0n) is 7.82. The summed E-state index contributed by atoms with van der Waals surface area (Å²) < 4.78 is 5.58. The minimum Gasteiger partial charge on any atom is -0.373 e. The van der Waals surface area contributed by atoms with Crippen LogP contribution >= 0.6 is 0 Å². The number of rotatable bonds is 3. The van der Waals surface area contributed by atoms with Gasteiger partial charge in [0.15, 0.2) is 0 Å². The van der Waals surface area contributed by atoms with E-state index in [0.717, 1.165) is 19.6 Å². The Morgan fingerprint density at radius 2 is 2.00 bits per heavy atom. The van der Waals surface area contributed by atoms with Gasteiger partial charge in [0.25, 0.3) is 0 Å². The number of nitrogens with two attached hydrogens (primary N) is 1. The lowest BCUT2D eigenvalue weighted by Gasteiger charge is -2.34. The van der Waals surface area contributed by atoms with Gasteiger partial charge in [-0.1, -0.05) is 0 Å². The highest BCUT2D eigenvalue weighted by Gasteiger charge is 2.21. The lowest BCUT2D eigenvalue weighted by atomic mass is 10.2. The molecule has 12 heavy (non-hydrogen) atoms. The van der Waals surface area contributed by atoms with Gasteiger partial charge in [-0.2, -0.15) is 0 Å². The maximum Gasteiger partial charge on any atom is 0.0806 e. The molecule has 1 aliphatic rings. The third-order valence-electron chi connectivity index (χ3n) is 2.02. The molecule has 4 heteroatoms. The van der Waals surface area contributed by atoms with Crippen molar-refractivity contribution in [3.05, 3.63) is 0 Å². The van der Waals surface area contributed by atoms with E-state index in [1.807, 2.05) is 0 Å². The van der Waals surface area contributed by atoms with E-state index in [1.165, 1.54) is 0 Å². The maximum atomic E-state index is 5.58. The van der Waals surface area contributed by atoms with Gasteiger partial charge in [0.05, 0.1) is 18.8 Å². The topological polar surface area (TPSA) is 47.7 Å². The minimum atomic E-state index is 0.325. The molecule has 1 heterocycles. The molecule has 0 aliphatic carbocycles. The molecule has 0 aromatic heterocycles. The van der Waals surface area contributed by atoms with Gasteiger partial charge in [-0.05, 0) is 13.8 Å². The Balaban J connectivity index is 2.24. The first kappa shape index (κ1) is 9.92. The van der Waals surface area contributed by atoms with Gasteiger partial charge in [-0.15, -0.1) is 0 Å². The highest BCUT2D eigenvalue weighted by molar-refractivity contribution is 4.72. The fraction of sp³-hybridized carbons (Fsp3) is 1.00. The van der Waals surface area contributed by atoms with E-state index in [0.29, 0.717) is 18.8 Å². The molecule has 0 aromatic carbocycles. The Hall–Kier alpha value is -0.160. The third kappa shape index (κ3) is 3.06. The van der Waals surface area contributed by atoms with Crippen LogP contribution in [0.15, 0.2) is 0 Å². The van der Waals surface area contributed by atoms with Gasteiger partial charge in [0.2, 0.25) is 0 Å². The summed E-state index contributed by atoms with van der Waals surface area (Å²) in [7, 11) is 0. The van der Waals surface area contributed by atoms with Crippen molar-refractivity contribution in [2.45, 2.75) is 26.1 Å². The van der Waals surface area contributed by atoms with Crippen LogP contribution in [0.5, 0.6) is 0 Å². The zero-order chi connectivity index (χ0) is 8.97. The summed E-state index contributed by atoms with van der Waals surface area (Å²) in [6.07, 6.45) is 0.651. The lowest BCUT2D eigenvalue weighted by Crippen LogP contribution is -2.46. The van der Waals surface area contributed by atoms with Crippen LogP contribution in [-0.2, 0) is 9.57 Å². The Kier molecular flexibility index (Phi) is 3.94. The summed E-state index contributed by atoms with van der Waals surface area (Å²) in [5, 5.41) is 0. The van der Waals surface area contributed by atoms with Gasteiger partial charge >= 0.3 is 0 Å². The van der Waals surface area contributed by atoms with Gasteiger partial charge in [-0.25, -0.2) is 5.90 Å². The van der Waals surface area contributed by atoms with E-state index in [4.69, 9.17) is 10.6 Å². The molecule has 0 amide bonds. The first-order chi connectivity index (χ1) is 5.72. The second-order valence-corrected chi connectivity index (χ2v) is 3.39. The second-order valence-electron chi connectivity index (χ2n) is 3.39. The summed E-state index contributed by atoms with van der Waals surface area (Å²) in [4.78, 5) is 6.84. The third-order valence-corrected chi connectivity index (χ3v) is 2.02. The van der Waals surface area contributed by atoms with E-state index in [2.05, 4.69) is 23.6 Å². The quantitative estimate of drug-likeness (QED) is 0.611. The van der Waals surface area contributed by atoms with Gasteiger partial charge < -0.3 is 9.57 Å². The molecule has 2 atom stereocenters. The van der Waals surface area contributed by atoms with Crippen LogP contribution in [0, 0.1) is 0 Å². The van der Waals surface area contributed by atoms with Crippen LogP contribution in [0.3, 0.4) is 0 Å². The summed E-state index contributed by atoms with van der Waals surface area (Å²) in [6.45, 7) is 7.63. The van der Waals surface area contributed by atoms with Gasteiger partial charge in [-0.3, -0.25) is 4.90 Å². The molecule has 1 rings (SSSR count). The predicted molar refractivity (Wildman–Crippen MR) is 46.6 cm³/mol. The largest absolute Gasteiger partial charge is 0.373 e. The maximum absolute atomic E-state index is 5.58. The van der Waals surface area contributed by atoms with E-state index >= 15 is 0 Å². The Morgan fingerprint density at radius 1 is 1.42 bits per heavy atom. The van der Waals surface area contributed by atoms with Crippen LogP contribution in [0.1, 0.15) is 13.8 Å². The van der Waals surface area contributed by atoms with Crippen molar-refractivity contribution in [1.29, 1.82) is 0 Å². The van der Waals surface area contributed by atoms with Crippen molar-refractivity contribution >= 4 is 0 Å². The standard InChI is InChI=1S/C8H18N2O2/c1-7-5-10(3-4-11-9)6-8(2)12-7/h7-8H,3-6,9H2,1-2H3. The lowest BCUT2D eigenvalue weighted by molar-refractivity contribution is -0.0731. The average Bonchev–Trinajstić information content (AvgIpc) is 1.99. The molecular formula is C8H18N2O2. The summed E-state index contributed by atoms with van der Waals surface area (Å²) >= 11 is 0. The molecule has 0 aromatic rings. The van der Waals surface area contributed by atoms with E-state index in [1.54, 1.807) is 0 Å². The Morgan fingerprint density at radius 3 is 2.50 bits per heavy atom. The molecule has 4 nitrogen and oxygen atoms in total. The van der Waals surface area contributed by atoms with Crippen molar-refractivity contribution in [3.8, 4) is 0 Å². The molecule has 0 radical (unpaired) electrons. The molecule has 1 aliphatic heterocycles. The van der Waals surface area contributed by atoms with Crippen LogP contribution in [0.25, 0.3) is 0 Å². The second kappa shape index (κ2) is 4.77. The zero-order valence-corrected chi connectivity index (χ0v) is 7.82. The molecule has 1 fully saturated rings. The molecule has 72 valence electrons. The highest BCUT2D eigenvalue weighted by atomic mass is 16.6. The van der Waals surface area contributed by atoms with Gasteiger partial charge in [0.1, 0.15) is 0 Å². The van der Waals surface area contributed by atoms with Crippen molar-refractivity contribution in [2.75, 3.05) is 26.2 Å². The monoisotopic (exact) mass is 174 g/mol. The first-order valence-electron chi connectivity index (χ1n) is 4.42. The first-order valence-corrected chi connectivity index (χ1v) is 4.42. The van der Waals surface area contributed by atoms with E-state index < -0.39 is 0 Å². The molecule has 1 saturated heterocycles. The number of morpholine rings is 1. The Bertz CT molecular complexity index is 122. The summed E-state index contributed by atoms with van der Waals surface area (Å²) in [5.74, 6) is 4.96. The highest BCUT2D eigenvalue weighted by Crippen LogP contribution is 2.09. The SMILES string of the molecule is CC1CN(CCON)CC(C)O1. The van der Waals surface area contributed by atoms with Crippen molar-refractivity contribution < 1.29 is 9.57 Å². The van der Waals surface area contributed by atoms with Crippen molar-refractivity contribution in [1.82, 2.24) is 4.90 Å². The smallest absolute Gasteiger partial charge is 0.0806 e. The fourth-order valence-electron chi connectivity index (χ4n) is 1.65. The normalized spacial score (nSPS) is 32.2.